The SMILES string of the molecule is Cc1cc(C)c2ccc(-c3ccccc3)ccc1-2. The molecule has 0 bridgehead atoms. The van der Waals surface area contributed by atoms with E-state index in [1.54, 1.807) is 0 Å². The highest BCUT2D eigenvalue weighted by Gasteiger charge is 2.08. The molecule has 2 aliphatic carbocycles. The summed E-state index contributed by atoms with van der Waals surface area (Å²) in [5.41, 5.74) is 7.97. The molecule has 3 rings (SSSR count). The second-order valence-electron chi connectivity index (χ2n) is 4.83. The summed E-state index contributed by atoms with van der Waals surface area (Å²) >= 11 is 0. The number of rotatable bonds is 1. The molecule has 0 spiro atoms. The third kappa shape index (κ3) is 1.80. The molecule has 0 N–H and O–H groups in total. The van der Waals surface area contributed by atoms with E-state index < -0.39 is 0 Å². The molecule has 0 saturated carbocycles. The molecular formula is C18H16. The van der Waals surface area contributed by atoms with Crippen molar-refractivity contribution in [3.63, 3.8) is 0 Å². The molecule has 88 valence electrons. The van der Waals surface area contributed by atoms with Crippen molar-refractivity contribution in [1.82, 2.24) is 0 Å². The van der Waals surface area contributed by atoms with Gasteiger partial charge in [0.2, 0.25) is 0 Å². The molecule has 0 fully saturated rings. The van der Waals surface area contributed by atoms with Crippen molar-refractivity contribution in [2.24, 2.45) is 0 Å². The van der Waals surface area contributed by atoms with Gasteiger partial charge in [0, 0.05) is 0 Å². The maximum Gasteiger partial charge on any atom is -0.0152 e. The minimum absolute atomic E-state index is 1.27. The van der Waals surface area contributed by atoms with Gasteiger partial charge in [-0.1, -0.05) is 60.7 Å². The van der Waals surface area contributed by atoms with E-state index in [9.17, 15) is 0 Å². The maximum atomic E-state index is 2.26. The Balaban J connectivity index is 2.20. The van der Waals surface area contributed by atoms with Crippen molar-refractivity contribution in [2.75, 3.05) is 0 Å². The number of hydrogen-bond donors (Lipinski definition) is 0. The summed E-state index contributed by atoms with van der Waals surface area (Å²) in [5.74, 6) is 0. The Morgan fingerprint density at radius 2 is 1.06 bits per heavy atom. The first kappa shape index (κ1) is 11.0. The quantitative estimate of drug-likeness (QED) is 0.549. The lowest BCUT2D eigenvalue weighted by Gasteiger charge is -1.96. The lowest BCUT2D eigenvalue weighted by Crippen LogP contribution is -1.71. The molecule has 0 aliphatic heterocycles. The van der Waals surface area contributed by atoms with Crippen LogP contribution in [0.2, 0.25) is 0 Å². The second kappa shape index (κ2) is 4.30. The fourth-order valence-corrected chi connectivity index (χ4v) is 2.57. The van der Waals surface area contributed by atoms with Gasteiger partial charge in [0.1, 0.15) is 0 Å². The molecule has 0 radical (unpaired) electrons. The minimum atomic E-state index is 1.27. The van der Waals surface area contributed by atoms with E-state index in [1.165, 1.54) is 33.4 Å². The van der Waals surface area contributed by atoms with Crippen molar-refractivity contribution < 1.29 is 0 Å². The normalized spacial score (nSPS) is 10.8. The second-order valence-corrected chi connectivity index (χ2v) is 4.83. The summed E-state index contributed by atoms with van der Waals surface area (Å²) < 4.78 is 0. The molecule has 18 heavy (non-hydrogen) atoms. The molecule has 2 aliphatic rings. The van der Waals surface area contributed by atoms with Crippen LogP contribution < -0.4 is 0 Å². The zero-order valence-corrected chi connectivity index (χ0v) is 10.8. The number of benzene rings is 1. The van der Waals surface area contributed by atoms with Gasteiger partial charge in [0.15, 0.2) is 0 Å². The minimum Gasteiger partial charge on any atom is -0.0622 e. The van der Waals surface area contributed by atoms with Crippen LogP contribution in [0.15, 0.2) is 60.7 Å². The van der Waals surface area contributed by atoms with E-state index in [-0.39, 0.29) is 0 Å². The van der Waals surface area contributed by atoms with Gasteiger partial charge in [0.25, 0.3) is 0 Å². The smallest absolute Gasteiger partial charge is 0.0152 e. The molecule has 0 amide bonds. The van der Waals surface area contributed by atoms with Gasteiger partial charge in [-0.3, -0.25) is 0 Å². The summed E-state index contributed by atoms with van der Waals surface area (Å²) in [6.45, 7) is 4.36. The van der Waals surface area contributed by atoms with E-state index in [2.05, 4.69) is 74.5 Å². The van der Waals surface area contributed by atoms with Gasteiger partial charge in [-0.25, -0.2) is 0 Å². The highest BCUT2D eigenvalue weighted by atomic mass is 14.1. The molecule has 0 saturated heterocycles. The Hall–Kier alpha value is -2.08. The van der Waals surface area contributed by atoms with Crippen LogP contribution in [0.25, 0.3) is 22.3 Å². The number of hydrogen-bond acceptors (Lipinski definition) is 0. The Kier molecular flexibility index (Phi) is 2.64. The standard InChI is InChI=1S/C18H16/c1-13-12-14(2)18-11-9-16(8-10-17(13)18)15-6-4-3-5-7-15/h3-12H,1-2H3. The van der Waals surface area contributed by atoms with Crippen LogP contribution in [0.5, 0.6) is 0 Å². The molecule has 1 aromatic carbocycles. The van der Waals surface area contributed by atoms with Crippen LogP contribution in [-0.2, 0) is 0 Å². The Labute approximate surface area is 108 Å². The molecule has 0 unspecified atom stereocenters. The number of fused-ring (bicyclic) bond motifs is 1. The first-order valence-electron chi connectivity index (χ1n) is 6.31. The zero-order valence-electron chi connectivity index (χ0n) is 10.8. The van der Waals surface area contributed by atoms with Crippen LogP contribution in [0, 0.1) is 13.8 Å². The molecule has 1 aromatic rings. The topological polar surface area (TPSA) is 0 Å². The largest absolute Gasteiger partial charge is 0.0622 e. The van der Waals surface area contributed by atoms with Crippen LogP contribution in [0.3, 0.4) is 0 Å². The zero-order chi connectivity index (χ0) is 12.5. The van der Waals surface area contributed by atoms with Gasteiger partial charge >= 0.3 is 0 Å². The van der Waals surface area contributed by atoms with E-state index in [0.717, 1.165) is 0 Å². The van der Waals surface area contributed by atoms with Crippen molar-refractivity contribution >= 4 is 0 Å². The third-order valence-corrected chi connectivity index (χ3v) is 3.54. The predicted octanol–water partition coefficient (Wildman–Crippen LogP) is 5.08. The molecule has 0 heterocycles. The summed E-state index contributed by atoms with van der Waals surface area (Å²) in [4.78, 5) is 0. The van der Waals surface area contributed by atoms with E-state index in [0.29, 0.717) is 0 Å². The predicted molar refractivity (Wildman–Crippen MR) is 78.0 cm³/mol. The highest BCUT2D eigenvalue weighted by molar-refractivity contribution is 5.76. The Morgan fingerprint density at radius 1 is 0.556 bits per heavy atom. The van der Waals surface area contributed by atoms with Gasteiger partial charge in [-0.2, -0.15) is 0 Å². The van der Waals surface area contributed by atoms with Gasteiger partial charge in [0.05, 0.1) is 0 Å². The fourth-order valence-electron chi connectivity index (χ4n) is 2.57. The summed E-state index contributed by atoms with van der Waals surface area (Å²) in [6.07, 6.45) is 0. The van der Waals surface area contributed by atoms with E-state index in [1.807, 2.05) is 0 Å². The van der Waals surface area contributed by atoms with Crippen molar-refractivity contribution in [3.8, 4) is 22.3 Å². The monoisotopic (exact) mass is 232 g/mol. The van der Waals surface area contributed by atoms with Gasteiger partial charge in [-0.05, 0) is 47.2 Å². The Bertz CT molecular complexity index is 614. The van der Waals surface area contributed by atoms with Crippen LogP contribution in [0.4, 0.5) is 0 Å². The lowest BCUT2D eigenvalue weighted by molar-refractivity contribution is 1.51. The first-order chi connectivity index (χ1) is 8.75. The highest BCUT2D eigenvalue weighted by Crippen LogP contribution is 2.32. The molecule has 0 atom stereocenters. The summed E-state index contributed by atoms with van der Waals surface area (Å²) in [6, 6.07) is 21.7. The molecule has 0 aromatic heterocycles. The lowest BCUT2D eigenvalue weighted by atomic mass is 10.1. The number of aryl methyl sites for hydroxylation is 2. The first-order valence-corrected chi connectivity index (χ1v) is 6.31. The average molecular weight is 232 g/mol. The van der Waals surface area contributed by atoms with Crippen molar-refractivity contribution in [2.45, 2.75) is 13.8 Å². The van der Waals surface area contributed by atoms with E-state index >= 15 is 0 Å². The Morgan fingerprint density at radius 3 is 1.61 bits per heavy atom. The van der Waals surface area contributed by atoms with Gasteiger partial charge < -0.3 is 0 Å². The molecule has 0 heteroatoms. The van der Waals surface area contributed by atoms with E-state index in [4.69, 9.17) is 0 Å². The maximum absolute atomic E-state index is 2.26. The van der Waals surface area contributed by atoms with Crippen molar-refractivity contribution in [3.05, 3.63) is 71.8 Å². The average Bonchev–Trinajstić information content (AvgIpc) is 2.58. The van der Waals surface area contributed by atoms with Crippen LogP contribution in [0.1, 0.15) is 11.1 Å². The van der Waals surface area contributed by atoms with Crippen LogP contribution in [-0.4, -0.2) is 0 Å². The van der Waals surface area contributed by atoms with Crippen LogP contribution >= 0.6 is 0 Å². The summed E-state index contributed by atoms with van der Waals surface area (Å²) in [5, 5.41) is 0. The van der Waals surface area contributed by atoms with Crippen molar-refractivity contribution in [1.29, 1.82) is 0 Å². The fraction of sp³-hybridized carbons (Fsp3) is 0.111. The third-order valence-electron chi connectivity index (χ3n) is 3.54. The molecule has 0 nitrogen and oxygen atoms in total. The van der Waals surface area contributed by atoms with Gasteiger partial charge in [-0.15, -0.1) is 0 Å². The summed E-state index contributed by atoms with van der Waals surface area (Å²) in [7, 11) is 0. The molecular weight excluding hydrogens is 216 g/mol.